The molecule has 204 valence electrons. The number of fused-ring (bicyclic) bond motifs is 2. The van der Waals surface area contributed by atoms with Crippen LogP contribution in [0.2, 0.25) is 0 Å². The van der Waals surface area contributed by atoms with Gasteiger partial charge < -0.3 is 29.3 Å². The summed E-state index contributed by atoms with van der Waals surface area (Å²) in [6.45, 7) is 11.0. The fraction of sp³-hybridized carbons (Fsp3) is 0.741. The van der Waals surface area contributed by atoms with E-state index in [2.05, 4.69) is 4.90 Å². The van der Waals surface area contributed by atoms with E-state index in [9.17, 15) is 19.5 Å². The molecule has 0 aromatic rings. The van der Waals surface area contributed by atoms with Crippen molar-refractivity contribution in [1.82, 2.24) is 19.6 Å². The first-order valence-corrected chi connectivity index (χ1v) is 13.6. The zero-order chi connectivity index (χ0) is 26.4. The number of nitrogens with zero attached hydrogens (tertiary/aromatic N) is 4. The van der Waals surface area contributed by atoms with Crippen molar-refractivity contribution in [3.05, 3.63) is 24.3 Å². The molecule has 3 saturated heterocycles. The zero-order valence-electron chi connectivity index (χ0n) is 22.2. The summed E-state index contributed by atoms with van der Waals surface area (Å²) in [5, 5.41) is 10.1. The summed E-state index contributed by atoms with van der Waals surface area (Å²) in [6.07, 6.45) is 8.43. The van der Waals surface area contributed by atoms with E-state index in [0.29, 0.717) is 45.9 Å². The molecule has 5 rings (SSSR count). The van der Waals surface area contributed by atoms with Crippen LogP contribution in [0.5, 0.6) is 0 Å². The molecule has 10 nitrogen and oxygen atoms in total. The van der Waals surface area contributed by atoms with Crippen LogP contribution < -0.4 is 0 Å². The Balaban J connectivity index is 1.52. The molecule has 0 bridgehead atoms. The Labute approximate surface area is 218 Å². The molecule has 1 unspecified atom stereocenters. The standard InChI is InChI=1S/C27H40N4O6/c1-4-9-29-10-5-7-26(3)20(23(29)33)21-24(34)31(19(2)18-32)22-25(35)30(11-6-8-27(21,22)37-26)13-12-28-14-16-36-17-15-28/h5-8,19-22,32H,4,9-18H2,1-3H3/t19-,20+,21+,22?,26-,27+/m1/s1. The highest BCUT2D eigenvalue weighted by molar-refractivity contribution is 6.00. The average molecular weight is 517 g/mol. The zero-order valence-corrected chi connectivity index (χ0v) is 22.2. The number of aliphatic hydroxyl groups is 1. The van der Waals surface area contributed by atoms with E-state index in [1.165, 1.54) is 4.90 Å². The van der Waals surface area contributed by atoms with Crippen LogP contribution in [0.25, 0.3) is 0 Å². The third kappa shape index (κ3) is 4.22. The van der Waals surface area contributed by atoms with E-state index in [1.54, 1.807) is 16.7 Å². The summed E-state index contributed by atoms with van der Waals surface area (Å²) >= 11 is 0. The predicted octanol–water partition coefficient (Wildman–Crippen LogP) is -0.123. The molecule has 0 saturated carbocycles. The number of likely N-dealkylation sites (tertiary alicyclic amines) is 1. The van der Waals surface area contributed by atoms with Gasteiger partial charge in [-0.25, -0.2) is 0 Å². The van der Waals surface area contributed by atoms with Crippen molar-refractivity contribution in [3.8, 4) is 0 Å². The van der Waals surface area contributed by atoms with E-state index < -0.39 is 35.1 Å². The Morgan fingerprint density at radius 1 is 0.973 bits per heavy atom. The second-order valence-corrected chi connectivity index (χ2v) is 11.1. The molecule has 5 aliphatic heterocycles. The normalized spacial score (nSPS) is 36.9. The number of morpholine rings is 1. The van der Waals surface area contributed by atoms with Crippen LogP contribution in [-0.2, 0) is 23.9 Å². The summed E-state index contributed by atoms with van der Waals surface area (Å²) in [5.41, 5.74) is -2.29. The summed E-state index contributed by atoms with van der Waals surface area (Å²) in [5.74, 6) is -2.20. The van der Waals surface area contributed by atoms with Gasteiger partial charge in [-0.2, -0.15) is 0 Å². The highest BCUT2D eigenvalue weighted by atomic mass is 16.5. The topological polar surface area (TPSA) is 103 Å². The number of hydrogen-bond acceptors (Lipinski definition) is 7. The van der Waals surface area contributed by atoms with Crippen molar-refractivity contribution in [2.45, 2.75) is 50.5 Å². The lowest BCUT2D eigenvalue weighted by Gasteiger charge is -2.39. The van der Waals surface area contributed by atoms with Gasteiger partial charge in [0, 0.05) is 45.8 Å². The van der Waals surface area contributed by atoms with Crippen molar-refractivity contribution in [3.63, 3.8) is 0 Å². The van der Waals surface area contributed by atoms with Gasteiger partial charge in [-0.3, -0.25) is 19.3 Å². The predicted molar refractivity (Wildman–Crippen MR) is 135 cm³/mol. The molecule has 10 heteroatoms. The summed E-state index contributed by atoms with van der Waals surface area (Å²) in [7, 11) is 0. The van der Waals surface area contributed by atoms with Crippen LogP contribution in [0.4, 0.5) is 0 Å². The molecule has 0 aromatic carbocycles. The number of carbonyl (C=O) groups excluding carboxylic acids is 3. The Morgan fingerprint density at radius 3 is 2.32 bits per heavy atom. The Bertz CT molecular complexity index is 980. The molecule has 0 aromatic heterocycles. The van der Waals surface area contributed by atoms with E-state index >= 15 is 0 Å². The highest BCUT2D eigenvalue weighted by Crippen LogP contribution is 2.57. The third-order valence-electron chi connectivity index (χ3n) is 8.68. The monoisotopic (exact) mass is 516 g/mol. The molecular weight excluding hydrogens is 476 g/mol. The lowest BCUT2D eigenvalue weighted by Crippen LogP contribution is -2.58. The van der Waals surface area contributed by atoms with Crippen LogP contribution in [-0.4, -0.2) is 131 Å². The van der Waals surface area contributed by atoms with Gasteiger partial charge in [0.05, 0.1) is 43.3 Å². The molecule has 1 N–H and O–H groups in total. The fourth-order valence-electron chi connectivity index (χ4n) is 6.88. The van der Waals surface area contributed by atoms with Gasteiger partial charge in [-0.05, 0) is 20.3 Å². The Hall–Kier alpha value is -2.27. The fourth-order valence-corrected chi connectivity index (χ4v) is 6.88. The second-order valence-electron chi connectivity index (χ2n) is 11.1. The number of aliphatic hydroxyl groups excluding tert-OH is 1. The molecular formula is C27H40N4O6. The minimum atomic E-state index is -1.28. The first-order chi connectivity index (χ1) is 17.8. The van der Waals surface area contributed by atoms with Gasteiger partial charge in [-0.15, -0.1) is 0 Å². The summed E-state index contributed by atoms with van der Waals surface area (Å²) in [6, 6.07) is -1.53. The smallest absolute Gasteiger partial charge is 0.249 e. The quantitative estimate of drug-likeness (QED) is 0.471. The maximum Gasteiger partial charge on any atom is 0.249 e. The van der Waals surface area contributed by atoms with Gasteiger partial charge in [0.2, 0.25) is 17.7 Å². The molecule has 5 aliphatic rings. The van der Waals surface area contributed by atoms with E-state index in [1.807, 2.05) is 38.2 Å². The highest BCUT2D eigenvalue weighted by Gasteiger charge is 2.75. The van der Waals surface area contributed by atoms with Gasteiger partial charge in [0.15, 0.2) is 0 Å². The minimum Gasteiger partial charge on any atom is -0.394 e. The molecule has 5 heterocycles. The summed E-state index contributed by atoms with van der Waals surface area (Å²) < 4.78 is 12.2. The number of ether oxygens (including phenoxy) is 2. The van der Waals surface area contributed by atoms with Crippen LogP contribution in [0.1, 0.15) is 27.2 Å². The maximum atomic E-state index is 14.2. The minimum absolute atomic E-state index is 0.115. The first kappa shape index (κ1) is 26.3. The van der Waals surface area contributed by atoms with E-state index in [-0.39, 0.29) is 24.3 Å². The molecule has 0 aliphatic carbocycles. The van der Waals surface area contributed by atoms with Crippen molar-refractivity contribution in [2.24, 2.45) is 11.8 Å². The van der Waals surface area contributed by atoms with Crippen LogP contribution >= 0.6 is 0 Å². The molecule has 37 heavy (non-hydrogen) atoms. The molecule has 6 atom stereocenters. The second kappa shape index (κ2) is 10.1. The largest absolute Gasteiger partial charge is 0.394 e. The number of rotatable bonds is 7. The van der Waals surface area contributed by atoms with Gasteiger partial charge in [0.25, 0.3) is 0 Å². The first-order valence-electron chi connectivity index (χ1n) is 13.6. The van der Waals surface area contributed by atoms with Crippen molar-refractivity contribution >= 4 is 17.7 Å². The molecule has 1 spiro atoms. The number of carbonyl (C=O) groups is 3. The van der Waals surface area contributed by atoms with Gasteiger partial charge in [0.1, 0.15) is 11.6 Å². The van der Waals surface area contributed by atoms with Crippen LogP contribution in [0.3, 0.4) is 0 Å². The third-order valence-corrected chi connectivity index (χ3v) is 8.68. The van der Waals surface area contributed by atoms with Gasteiger partial charge >= 0.3 is 0 Å². The van der Waals surface area contributed by atoms with Gasteiger partial charge in [-0.1, -0.05) is 31.2 Å². The lowest BCUT2D eigenvalue weighted by molar-refractivity contribution is -0.155. The van der Waals surface area contributed by atoms with Crippen LogP contribution in [0, 0.1) is 11.8 Å². The van der Waals surface area contributed by atoms with Crippen molar-refractivity contribution < 1.29 is 29.0 Å². The maximum absolute atomic E-state index is 14.2. The number of hydrogen-bond donors (Lipinski definition) is 1. The van der Waals surface area contributed by atoms with Crippen molar-refractivity contribution in [1.29, 1.82) is 0 Å². The van der Waals surface area contributed by atoms with E-state index in [4.69, 9.17) is 9.47 Å². The average Bonchev–Trinajstić information content (AvgIpc) is 3.18. The lowest BCUT2D eigenvalue weighted by atomic mass is 9.74. The molecule has 0 radical (unpaired) electrons. The Kier molecular flexibility index (Phi) is 7.21. The number of amides is 3. The Morgan fingerprint density at radius 2 is 1.65 bits per heavy atom. The van der Waals surface area contributed by atoms with Crippen molar-refractivity contribution in [2.75, 3.05) is 65.6 Å². The van der Waals surface area contributed by atoms with E-state index in [0.717, 1.165) is 19.5 Å². The molecule has 3 fully saturated rings. The summed E-state index contributed by atoms with van der Waals surface area (Å²) in [4.78, 5) is 49.6. The SMILES string of the molecule is CCCN1CC=C[C@@]2(C)O[C@]34C=CCN(CCN5CCOCC5)C(=O)C3N([C@H](C)CO)C(=O)[C@@H]4[C@H]2C1=O. The molecule has 3 amide bonds. The van der Waals surface area contributed by atoms with Crippen LogP contribution in [0.15, 0.2) is 24.3 Å².